The third-order valence-electron chi connectivity index (χ3n) is 4.71. The monoisotopic (exact) mass is 423 g/mol. The first kappa shape index (κ1) is 20.9. The molecule has 9 nitrogen and oxygen atoms in total. The van der Waals surface area contributed by atoms with Gasteiger partial charge in [0.2, 0.25) is 21.8 Å². The van der Waals surface area contributed by atoms with Crippen molar-refractivity contribution in [3.05, 3.63) is 41.3 Å². The van der Waals surface area contributed by atoms with E-state index in [1.807, 2.05) is 0 Å². The number of aromatic nitrogens is 2. The predicted octanol–water partition coefficient (Wildman–Crippen LogP) is 1.27. The molecule has 3 rings (SSSR count). The van der Waals surface area contributed by atoms with Crippen molar-refractivity contribution < 1.29 is 22.3 Å². The molecule has 2 heterocycles. The minimum atomic E-state index is -3.25. The van der Waals surface area contributed by atoms with E-state index in [0.29, 0.717) is 19.5 Å². The number of ketones is 1. The molecule has 2 aromatic rings. The van der Waals surface area contributed by atoms with E-state index in [4.69, 9.17) is 10.5 Å². The van der Waals surface area contributed by atoms with Crippen molar-refractivity contribution in [3.63, 3.8) is 0 Å². The van der Waals surface area contributed by atoms with Gasteiger partial charge in [0.1, 0.15) is 17.4 Å². The summed E-state index contributed by atoms with van der Waals surface area (Å²) in [7, 11) is -1.87. The van der Waals surface area contributed by atoms with Gasteiger partial charge in [0.15, 0.2) is 0 Å². The Morgan fingerprint density at radius 1 is 1.41 bits per heavy atom. The summed E-state index contributed by atoms with van der Waals surface area (Å²) < 4.78 is 44.0. The van der Waals surface area contributed by atoms with Crippen molar-refractivity contribution in [2.75, 3.05) is 37.0 Å². The lowest BCUT2D eigenvalue weighted by molar-refractivity contribution is 0.103. The van der Waals surface area contributed by atoms with E-state index in [2.05, 4.69) is 15.3 Å². The number of nitrogens with two attached hydrogens (primary N) is 1. The zero-order valence-corrected chi connectivity index (χ0v) is 16.9. The molecule has 29 heavy (non-hydrogen) atoms. The Labute approximate surface area is 168 Å². The van der Waals surface area contributed by atoms with Crippen molar-refractivity contribution >= 4 is 27.6 Å². The van der Waals surface area contributed by atoms with E-state index in [0.717, 1.165) is 6.07 Å². The van der Waals surface area contributed by atoms with Crippen LogP contribution < -0.4 is 15.8 Å². The Balaban J connectivity index is 1.76. The standard InChI is InChI=1S/C18H22FN5O4S/c1-3-29(26,27)24-7-6-12(10-24)22-18-21-9-14(17(20)23-18)16(25)13-8-11(19)4-5-15(13)28-2/h4-5,8-9,12H,3,6-7,10H2,1-2H3,(H3,20,21,22,23)/t12-/m1/s1. The number of methoxy groups -OCH3 is 1. The van der Waals surface area contributed by atoms with Crippen molar-refractivity contribution in [1.29, 1.82) is 0 Å². The van der Waals surface area contributed by atoms with E-state index in [-0.39, 0.29) is 40.4 Å². The quantitative estimate of drug-likeness (QED) is 0.638. The van der Waals surface area contributed by atoms with E-state index < -0.39 is 21.6 Å². The summed E-state index contributed by atoms with van der Waals surface area (Å²) in [4.78, 5) is 21.0. The number of halogens is 1. The molecule has 1 saturated heterocycles. The van der Waals surface area contributed by atoms with Gasteiger partial charge in [-0.05, 0) is 31.5 Å². The number of nitrogens with zero attached hydrogens (tertiary/aromatic N) is 3. The average molecular weight is 423 g/mol. The average Bonchev–Trinajstić information content (AvgIpc) is 3.17. The Kier molecular flexibility index (Phi) is 5.99. The predicted molar refractivity (Wildman–Crippen MR) is 106 cm³/mol. The number of anilines is 2. The Morgan fingerprint density at radius 3 is 2.83 bits per heavy atom. The fourth-order valence-electron chi connectivity index (χ4n) is 3.11. The summed E-state index contributed by atoms with van der Waals surface area (Å²) in [5.41, 5.74) is 5.96. The third kappa shape index (κ3) is 4.46. The number of ether oxygens (including phenoxy) is 1. The van der Waals surface area contributed by atoms with Gasteiger partial charge in [-0.25, -0.2) is 17.8 Å². The van der Waals surface area contributed by atoms with Crippen LogP contribution in [0.4, 0.5) is 16.2 Å². The van der Waals surface area contributed by atoms with Crippen LogP contribution in [-0.2, 0) is 10.0 Å². The first-order chi connectivity index (χ1) is 13.7. The van der Waals surface area contributed by atoms with Crippen LogP contribution in [0.15, 0.2) is 24.4 Å². The molecular weight excluding hydrogens is 401 g/mol. The van der Waals surface area contributed by atoms with Crippen molar-refractivity contribution in [2.45, 2.75) is 19.4 Å². The maximum atomic E-state index is 13.6. The molecule has 0 spiro atoms. The van der Waals surface area contributed by atoms with Crippen LogP contribution in [0.3, 0.4) is 0 Å². The molecule has 1 aliphatic rings. The number of benzene rings is 1. The fraction of sp³-hybridized carbons (Fsp3) is 0.389. The third-order valence-corrected chi connectivity index (χ3v) is 6.56. The molecule has 1 aliphatic heterocycles. The van der Waals surface area contributed by atoms with Gasteiger partial charge in [0.05, 0.1) is 24.0 Å². The summed E-state index contributed by atoms with van der Waals surface area (Å²) in [6.07, 6.45) is 1.86. The number of carbonyl (C=O) groups excluding carboxylic acids is 1. The fourth-order valence-corrected chi connectivity index (χ4v) is 4.26. The summed E-state index contributed by atoms with van der Waals surface area (Å²) in [6, 6.07) is 3.44. The van der Waals surface area contributed by atoms with Gasteiger partial charge >= 0.3 is 0 Å². The van der Waals surface area contributed by atoms with Crippen LogP contribution >= 0.6 is 0 Å². The minimum Gasteiger partial charge on any atom is -0.496 e. The zero-order chi connectivity index (χ0) is 21.2. The Hall–Kier alpha value is -2.79. The molecule has 0 aliphatic carbocycles. The van der Waals surface area contributed by atoms with Crippen LogP contribution in [0.2, 0.25) is 0 Å². The topological polar surface area (TPSA) is 128 Å². The van der Waals surface area contributed by atoms with Gasteiger partial charge in [-0.2, -0.15) is 9.29 Å². The maximum Gasteiger partial charge on any atom is 0.224 e. The summed E-state index contributed by atoms with van der Waals surface area (Å²) >= 11 is 0. The van der Waals surface area contributed by atoms with Crippen LogP contribution in [0, 0.1) is 5.82 Å². The SMILES string of the molecule is CCS(=O)(=O)N1CC[C@@H](Nc2ncc(C(=O)c3cc(F)ccc3OC)c(N)n2)C1. The van der Waals surface area contributed by atoms with Crippen molar-refractivity contribution in [1.82, 2.24) is 14.3 Å². The van der Waals surface area contributed by atoms with Gasteiger partial charge in [-0.3, -0.25) is 4.79 Å². The van der Waals surface area contributed by atoms with Gasteiger partial charge in [-0.15, -0.1) is 0 Å². The molecule has 1 aromatic heterocycles. The second-order valence-electron chi connectivity index (χ2n) is 6.55. The molecule has 1 atom stereocenters. The highest BCUT2D eigenvalue weighted by Gasteiger charge is 2.30. The highest BCUT2D eigenvalue weighted by molar-refractivity contribution is 7.89. The smallest absolute Gasteiger partial charge is 0.224 e. The summed E-state index contributed by atoms with van der Waals surface area (Å²) in [5.74, 6) is -0.781. The molecule has 156 valence electrons. The Bertz CT molecular complexity index is 1030. The number of rotatable bonds is 7. The second kappa shape index (κ2) is 8.29. The van der Waals surface area contributed by atoms with Gasteiger partial charge in [0, 0.05) is 25.3 Å². The summed E-state index contributed by atoms with van der Waals surface area (Å²) in [5, 5.41) is 3.04. The molecule has 0 unspecified atom stereocenters. The largest absolute Gasteiger partial charge is 0.496 e. The molecule has 0 radical (unpaired) electrons. The first-order valence-corrected chi connectivity index (χ1v) is 10.6. The number of nitrogens with one attached hydrogen (secondary N) is 1. The van der Waals surface area contributed by atoms with E-state index in [9.17, 15) is 17.6 Å². The number of nitrogen functional groups attached to an aromatic ring is 1. The minimum absolute atomic E-state index is 0.0136. The number of hydrogen-bond acceptors (Lipinski definition) is 8. The van der Waals surface area contributed by atoms with Crippen LogP contribution in [0.25, 0.3) is 0 Å². The number of carbonyl (C=O) groups is 1. The van der Waals surface area contributed by atoms with Crippen LogP contribution in [0.1, 0.15) is 29.3 Å². The molecule has 3 N–H and O–H groups in total. The lowest BCUT2D eigenvalue weighted by Crippen LogP contribution is -2.33. The number of hydrogen-bond donors (Lipinski definition) is 2. The molecule has 0 saturated carbocycles. The zero-order valence-electron chi connectivity index (χ0n) is 16.1. The maximum absolute atomic E-state index is 13.6. The molecule has 1 fully saturated rings. The van der Waals surface area contributed by atoms with Gasteiger partial charge in [-0.1, -0.05) is 0 Å². The van der Waals surface area contributed by atoms with Crippen LogP contribution in [-0.4, -0.2) is 60.5 Å². The molecular formula is C18H22FN5O4S. The molecule has 0 amide bonds. The first-order valence-electron chi connectivity index (χ1n) is 9.00. The van der Waals surface area contributed by atoms with E-state index >= 15 is 0 Å². The highest BCUT2D eigenvalue weighted by Crippen LogP contribution is 2.25. The lowest BCUT2D eigenvalue weighted by atomic mass is 10.0. The number of sulfonamides is 1. The summed E-state index contributed by atoms with van der Waals surface area (Å²) in [6.45, 7) is 2.32. The van der Waals surface area contributed by atoms with Gasteiger partial charge in [0.25, 0.3) is 0 Å². The van der Waals surface area contributed by atoms with Crippen LogP contribution in [0.5, 0.6) is 5.75 Å². The van der Waals surface area contributed by atoms with Crippen molar-refractivity contribution in [3.8, 4) is 5.75 Å². The lowest BCUT2D eigenvalue weighted by Gasteiger charge is -2.16. The molecule has 1 aromatic carbocycles. The molecule has 11 heteroatoms. The molecule has 0 bridgehead atoms. The second-order valence-corrected chi connectivity index (χ2v) is 8.81. The van der Waals surface area contributed by atoms with E-state index in [1.54, 1.807) is 6.92 Å². The van der Waals surface area contributed by atoms with E-state index in [1.165, 1.54) is 29.7 Å². The van der Waals surface area contributed by atoms with Crippen molar-refractivity contribution in [2.24, 2.45) is 0 Å². The highest BCUT2D eigenvalue weighted by atomic mass is 32.2. The Morgan fingerprint density at radius 2 is 2.17 bits per heavy atom. The van der Waals surface area contributed by atoms with Gasteiger partial charge < -0.3 is 15.8 Å². The normalized spacial score (nSPS) is 17.3.